The lowest BCUT2D eigenvalue weighted by Gasteiger charge is -2.28. The van der Waals surface area contributed by atoms with Crippen molar-refractivity contribution < 1.29 is 4.39 Å². The Labute approximate surface area is 113 Å². The van der Waals surface area contributed by atoms with Crippen LogP contribution in [0.4, 0.5) is 10.1 Å². The Morgan fingerprint density at radius 1 is 1.05 bits per heavy atom. The van der Waals surface area contributed by atoms with E-state index in [9.17, 15) is 4.39 Å². The first-order valence-electron chi connectivity index (χ1n) is 6.73. The molecule has 2 aromatic carbocycles. The van der Waals surface area contributed by atoms with E-state index < -0.39 is 0 Å². The minimum Gasteiger partial charge on any atom is -0.384 e. The molecule has 98 valence electrons. The van der Waals surface area contributed by atoms with Gasteiger partial charge in [0.05, 0.1) is 0 Å². The van der Waals surface area contributed by atoms with Crippen molar-refractivity contribution in [2.75, 3.05) is 11.9 Å². The topological polar surface area (TPSA) is 12.0 Å². The normalized spacial score (nSPS) is 17.7. The van der Waals surface area contributed by atoms with Crippen LogP contribution in [0.25, 0.3) is 0 Å². The second-order valence-corrected chi connectivity index (χ2v) is 5.38. The van der Waals surface area contributed by atoms with Gasteiger partial charge in [0.15, 0.2) is 0 Å². The van der Waals surface area contributed by atoms with E-state index in [1.807, 2.05) is 12.1 Å². The Kier molecular flexibility index (Phi) is 3.02. The monoisotopic (exact) mass is 255 g/mol. The van der Waals surface area contributed by atoms with Crippen molar-refractivity contribution in [3.05, 3.63) is 64.5 Å². The zero-order valence-corrected chi connectivity index (χ0v) is 11.3. The third-order valence-corrected chi connectivity index (χ3v) is 4.16. The Bertz CT molecular complexity index is 601. The minimum atomic E-state index is -0.167. The van der Waals surface area contributed by atoms with Crippen molar-refractivity contribution in [2.45, 2.75) is 26.2 Å². The molecule has 0 saturated carbocycles. The quantitative estimate of drug-likeness (QED) is 0.805. The number of hydrogen-bond acceptors (Lipinski definition) is 1. The molecule has 0 aliphatic carbocycles. The Hall–Kier alpha value is -1.83. The average Bonchev–Trinajstić information content (AvgIpc) is 2.43. The Morgan fingerprint density at radius 2 is 1.79 bits per heavy atom. The maximum atomic E-state index is 13.0. The summed E-state index contributed by atoms with van der Waals surface area (Å²) in [6.45, 7) is 5.23. The molecule has 0 bridgehead atoms. The molecular weight excluding hydrogens is 237 g/mol. The van der Waals surface area contributed by atoms with Crippen LogP contribution in [0.2, 0.25) is 0 Å². The number of aryl methyl sites for hydroxylation is 1. The fourth-order valence-electron chi connectivity index (χ4n) is 2.82. The third-order valence-electron chi connectivity index (χ3n) is 4.16. The standard InChI is InChI=1S/C17H18FN/c1-11-3-4-14-9-15(10-19-17(14)12(11)2)13-5-7-16(18)8-6-13/h3-8,15,19H,9-10H2,1-2H3. The maximum Gasteiger partial charge on any atom is 0.123 e. The second-order valence-electron chi connectivity index (χ2n) is 5.38. The first-order valence-corrected chi connectivity index (χ1v) is 6.73. The number of nitrogens with one attached hydrogen (secondary N) is 1. The number of hydrogen-bond donors (Lipinski definition) is 1. The fourth-order valence-corrected chi connectivity index (χ4v) is 2.82. The van der Waals surface area contributed by atoms with Crippen molar-refractivity contribution in [1.29, 1.82) is 0 Å². The summed E-state index contributed by atoms with van der Waals surface area (Å²) >= 11 is 0. The van der Waals surface area contributed by atoms with Crippen molar-refractivity contribution in [3.8, 4) is 0 Å². The van der Waals surface area contributed by atoms with Crippen LogP contribution in [0.15, 0.2) is 36.4 Å². The number of benzene rings is 2. The van der Waals surface area contributed by atoms with Gasteiger partial charge in [-0.2, -0.15) is 0 Å². The van der Waals surface area contributed by atoms with E-state index in [-0.39, 0.29) is 5.82 Å². The van der Waals surface area contributed by atoms with Gasteiger partial charge in [0.2, 0.25) is 0 Å². The van der Waals surface area contributed by atoms with Crippen molar-refractivity contribution in [3.63, 3.8) is 0 Å². The molecule has 1 heterocycles. The van der Waals surface area contributed by atoms with Gasteiger partial charge in [-0.25, -0.2) is 4.39 Å². The highest BCUT2D eigenvalue weighted by molar-refractivity contribution is 5.62. The van der Waals surface area contributed by atoms with Crippen molar-refractivity contribution in [2.24, 2.45) is 0 Å². The largest absolute Gasteiger partial charge is 0.384 e. The highest BCUT2D eigenvalue weighted by atomic mass is 19.1. The van der Waals surface area contributed by atoms with E-state index >= 15 is 0 Å². The van der Waals surface area contributed by atoms with Gasteiger partial charge in [0, 0.05) is 18.2 Å². The molecule has 0 saturated heterocycles. The molecule has 0 amide bonds. The zero-order chi connectivity index (χ0) is 13.4. The molecular formula is C17H18FN. The fraction of sp³-hybridized carbons (Fsp3) is 0.294. The summed E-state index contributed by atoms with van der Waals surface area (Å²) in [6, 6.07) is 11.3. The molecule has 1 N–H and O–H groups in total. The van der Waals surface area contributed by atoms with Gasteiger partial charge >= 0.3 is 0 Å². The SMILES string of the molecule is Cc1ccc2c(c1C)NCC(c1ccc(F)cc1)C2. The van der Waals surface area contributed by atoms with Crippen LogP contribution < -0.4 is 5.32 Å². The number of halogens is 1. The van der Waals surface area contributed by atoms with Crippen LogP contribution in [-0.4, -0.2) is 6.54 Å². The smallest absolute Gasteiger partial charge is 0.123 e. The molecule has 0 aromatic heterocycles. The van der Waals surface area contributed by atoms with Crippen LogP contribution in [0.3, 0.4) is 0 Å². The first kappa shape index (κ1) is 12.2. The molecule has 1 nitrogen and oxygen atoms in total. The summed E-state index contributed by atoms with van der Waals surface area (Å²) in [5, 5.41) is 3.54. The number of anilines is 1. The van der Waals surface area contributed by atoms with Gasteiger partial charge in [0.1, 0.15) is 5.82 Å². The van der Waals surface area contributed by atoms with Gasteiger partial charge in [0.25, 0.3) is 0 Å². The number of rotatable bonds is 1. The molecule has 0 radical (unpaired) electrons. The van der Waals surface area contributed by atoms with Crippen LogP contribution in [0, 0.1) is 19.7 Å². The molecule has 3 rings (SSSR count). The van der Waals surface area contributed by atoms with Gasteiger partial charge < -0.3 is 5.32 Å². The first-order chi connectivity index (χ1) is 9.15. The molecule has 0 spiro atoms. The summed E-state index contributed by atoms with van der Waals surface area (Å²) < 4.78 is 13.0. The van der Waals surface area contributed by atoms with Crippen molar-refractivity contribution in [1.82, 2.24) is 0 Å². The minimum absolute atomic E-state index is 0.167. The summed E-state index contributed by atoms with van der Waals surface area (Å²) in [4.78, 5) is 0. The summed E-state index contributed by atoms with van der Waals surface area (Å²) in [6.07, 6.45) is 1.02. The summed E-state index contributed by atoms with van der Waals surface area (Å²) in [5.74, 6) is 0.259. The van der Waals surface area contributed by atoms with Gasteiger partial charge in [-0.3, -0.25) is 0 Å². The molecule has 1 aliphatic heterocycles. The van der Waals surface area contributed by atoms with E-state index in [1.54, 1.807) is 12.1 Å². The molecule has 1 aliphatic rings. The molecule has 2 heteroatoms. The Morgan fingerprint density at radius 3 is 2.53 bits per heavy atom. The highest BCUT2D eigenvalue weighted by Gasteiger charge is 2.21. The van der Waals surface area contributed by atoms with Crippen LogP contribution in [0.5, 0.6) is 0 Å². The highest BCUT2D eigenvalue weighted by Crippen LogP contribution is 2.33. The molecule has 0 fully saturated rings. The van der Waals surface area contributed by atoms with Gasteiger partial charge in [-0.1, -0.05) is 24.3 Å². The lowest BCUT2D eigenvalue weighted by atomic mass is 9.86. The van der Waals surface area contributed by atoms with Crippen molar-refractivity contribution >= 4 is 5.69 Å². The summed E-state index contributed by atoms with van der Waals surface area (Å²) in [5.41, 5.74) is 6.53. The third kappa shape index (κ3) is 2.23. The number of fused-ring (bicyclic) bond motifs is 1. The lowest BCUT2D eigenvalue weighted by molar-refractivity contribution is 0.623. The van der Waals surface area contributed by atoms with E-state index in [4.69, 9.17) is 0 Å². The molecule has 1 atom stereocenters. The Balaban J connectivity index is 1.90. The average molecular weight is 255 g/mol. The molecule has 2 aromatic rings. The zero-order valence-electron chi connectivity index (χ0n) is 11.3. The predicted octanol–water partition coefficient (Wildman–Crippen LogP) is 4.19. The molecule has 19 heavy (non-hydrogen) atoms. The van der Waals surface area contributed by atoms with E-state index in [2.05, 4.69) is 31.3 Å². The van der Waals surface area contributed by atoms with E-state index in [0.29, 0.717) is 5.92 Å². The van der Waals surface area contributed by atoms with E-state index in [1.165, 1.54) is 27.9 Å². The van der Waals surface area contributed by atoms with Gasteiger partial charge in [-0.05, 0) is 54.7 Å². The van der Waals surface area contributed by atoms with Crippen LogP contribution in [0.1, 0.15) is 28.2 Å². The van der Waals surface area contributed by atoms with E-state index in [0.717, 1.165) is 13.0 Å². The second kappa shape index (κ2) is 4.69. The van der Waals surface area contributed by atoms with Crippen LogP contribution in [-0.2, 0) is 6.42 Å². The van der Waals surface area contributed by atoms with Crippen LogP contribution >= 0.6 is 0 Å². The molecule has 1 unspecified atom stereocenters. The predicted molar refractivity (Wildman–Crippen MR) is 77.3 cm³/mol. The maximum absolute atomic E-state index is 13.0. The lowest BCUT2D eigenvalue weighted by Crippen LogP contribution is -2.22. The van der Waals surface area contributed by atoms with Gasteiger partial charge in [-0.15, -0.1) is 0 Å². The summed E-state index contributed by atoms with van der Waals surface area (Å²) in [7, 11) is 0.